The molecule has 0 spiro atoms. The zero-order valence-corrected chi connectivity index (χ0v) is 43.8. The number of hydrogen-bond acceptors (Lipinski definition) is 6. The highest BCUT2D eigenvalue weighted by molar-refractivity contribution is 5.71. The Morgan fingerprint density at radius 2 is 0.516 bits per heavy atom. The summed E-state index contributed by atoms with van der Waals surface area (Å²) >= 11 is 0. The normalized spacial score (nSPS) is 12.0. The molecule has 0 heterocycles. The van der Waals surface area contributed by atoms with Gasteiger partial charge in [-0.15, -0.1) is 0 Å². The smallest absolute Gasteiger partial charge is 0.306 e. The third kappa shape index (κ3) is 51.4. The number of esters is 3. The topological polar surface area (TPSA) is 78.9 Å². The van der Waals surface area contributed by atoms with Crippen LogP contribution in [0, 0.1) is 5.92 Å². The third-order valence-corrected chi connectivity index (χ3v) is 13.3. The van der Waals surface area contributed by atoms with Crippen LogP contribution in [0.15, 0.2) is 0 Å². The first kappa shape index (κ1) is 62.4. The van der Waals surface area contributed by atoms with Crippen molar-refractivity contribution in [3.8, 4) is 0 Å². The van der Waals surface area contributed by atoms with E-state index >= 15 is 0 Å². The van der Waals surface area contributed by atoms with Crippen LogP contribution in [0.2, 0.25) is 0 Å². The fourth-order valence-electron chi connectivity index (χ4n) is 8.92. The van der Waals surface area contributed by atoms with Gasteiger partial charge in [0.1, 0.15) is 13.2 Å². The number of carbonyl (C=O) groups is 3. The first-order chi connectivity index (χ1) is 31.4. The fraction of sp³-hybridized carbons (Fsp3) is 0.948. The zero-order valence-electron chi connectivity index (χ0n) is 43.8. The molecule has 0 saturated carbocycles. The standard InChI is InChI=1S/C58H112O6/c1-5-7-9-11-13-15-17-19-20-21-22-27-31-35-39-43-47-51-58(61)64-55(52-62-56(59)49-45-41-37-33-29-18-16-14-12-10-8-6-2)53-63-57(60)50-46-42-38-34-30-26-24-23-25-28-32-36-40-44-48-54(3)4/h54-55H,5-53H2,1-4H3/t55-/m0/s1. The lowest BCUT2D eigenvalue weighted by Crippen LogP contribution is -2.30. The van der Waals surface area contributed by atoms with Gasteiger partial charge in [-0.1, -0.05) is 291 Å². The van der Waals surface area contributed by atoms with Crippen LogP contribution in [0.5, 0.6) is 0 Å². The minimum atomic E-state index is -0.761. The van der Waals surface area contributed by atoms with E-state index in [1.807, 2.05) is 0 Å². The Balaban J connectivity index is 4.28. The van der Waals surface area contributed by atoms with Gasteiger partial charge in [-0.05, 0) is 25.2 Å². The van der Waals surface area contributed by atoms with Crippen LogP contribution in [0.3, 0.4) is 0 Å². The molecule has 6 nitrogen and oxygen atoms in total. The first-order valence-corrected chi connectivity index (χ1v) is 28.9. The summed E-state index contributed by atoms with van der Waals surface area (Å²) in [7, 11) is 0. The van der Waals surface area contributed by atoms with E-state index in [4.69, 9.17) is 14.2 Å². The van der Waals surface area contributed by atoms with Crippen molar-refractivity contribution in [2.75, 3.05) is 13.2 Å². The van der Waals surface area contributed by atoms with E-state index in [-0.39, 0.29) is 31.1 Å². The van der Waals surface area contributed by atoms with E-state index < -0.39 is 6.10 Å². The van der Waals surface area contributed by atoms with Crippen LogP contribution in [0.25, 0.3) is 0 Å². The minimum Gasteiger partial charge on any atom is -0.462 e. The van der Waals surface area contributed by atoms with E-state index in [2.05, 4.69) is 27.7 Å². The Bertz CT molecular complexity index is 964. The lowest BCUT2D eigenvalue weighted by Gasteiger charge is -2.18. The van der Waals surface area contributed by atoms with Gasteiger partial charge < -0.3 is 14.2 Å². The second kappa shape index (κ2) is 52.4. The molecule has 0 N–H and O–H groups in total. The van der Waals surface area contributed by atoms with Crippen molar-refractivity contribution in [1.29, 1.82) is 0 Å². The molecule has 0 rings (SSSR count). The van der Waals surface area contributed by atoms with Crippen molar-refractivity contribution in [1.82, 2.24) is 0 Å². The van der Waals surface area contributed by atoms with Crippen molar-refractivity contribution in [2.24, 2.45) is 5.92 Å². The van der Waals surface area contributed by atoms with Gasteiger partial charge in [0.2, 0.25) is 0 Å². The summed E-state index contributed by atoms with van der Waals surface area (Å²) in [5.74, 6) is 0.00934. The van der Waals surface area contributed by atoms with Crippen LogP contribution in [-0.2, 0) is 28.6 Å². The van der Waals surface area contributed by atoms with Crippen LogP contribution in [-0.4, -0.2) is 37.2 Å². The number of hydrogen-bond donors (Lipinski definition) is 0. The molecule has 0 radical (unpaired) electrons. The summed E-state index contributed by atoms with van der Waals surface area (Å²) < 4.78 is 16.9. The number of carbonyl (C=O) groups excluding carboxylic acids is 3. The van der Waals surface area contributed by atoms with Crippen molar-refractivity contribution in [2.45, 2.75) is 336 Å². The number of rotatable bonds is 53. The minimum absolute atomic E-state index is 0.0619. The monoisotopic (exact) mass is 905 g/mol. The molecular weight excluding hydrogens is 793 g/mol. The maximum Gasteiger partial charge on any atom is 0.306 e. The second-order valence-electron chi connectivity index (χ2n) is 20.4. The molecule has 6 heteroatoms. The Labute approximate surface area is 399 Å². The highest BCUT2D eigenvalue weighted by Crippen LogP contribution is 2.18. The predicted octanol–water partition coefficient (Wildman–Crippen LogP) is 19.0. The van der Waals surface area contributed by atoms with Gasteiger partial charge in [0.25, 0.3) is 0 Å². The van der Waals surface area contributed by atoms with E-state index in [0.29, 0.717) is 19.3 Å². The van der Waals surface area contributed by atoms with Crippen molar-refractivity contribution >= 4 is 17.9 Å². The molecule has 0 aliphatic carbocycles. The summed E-state index contributed by atoms with van der Waals surface area (Å²) in [4.78, 5) is 38.1. The maximum atomic E-state index is 12.8. The molecule has 380 valence electrons. The van der Waals surface area contributed by atoms with Gasteiger partial charge >= 0.3 is 17.9 Å². The Kier molecular flexibility index (Phi) is 51.1. The zero-order chi connectivity index (χ0) is 46.7. The van der Waals surface area contributed by atoms with E-state index in [0.717, 1.165) is 63.7 Å². The molecule has 0 aromatic carbocycles. The summed E-state index contributed by atoms with van der Waals surface area (Å²) in [5.41, 5.74) is 0. The van der Waals surface area contributed by atoms with Crippen LogP contribution in [0.4, 0.5) is 0 Å². The molecule has 0 aliphatic heterocycles. The molecule has 1 atom stereocenters. The Morgan fingerprint density at radius 1 is 0.297 bits per heavy atom. The van der Waals surface area contributed by atoms with Gasteiger partial charge in [0.05, 0.1) is 0 Å². The highest BCUT2D eigenvalue weighted by Gasteiger charge is 2.19. The van der Waals surface area contributed by atoms with E-state index in [9.17, 15) is 14.4 Å². The SMILES string of the molecule is CCCCCCCCCCCCCCCCCCCC(=O)O[C@@H](COC(=O)CCCCCCCCCCCCCC)COC(=O)CCCCCCCCCCCCCCCCC(C)C. The quantitative estimate of drug-likeness (QED) is 0.0344. The van der Waals surface area contributed by atoms with Gasteiger partial charge in [0, 0.05) is 19.3 Å². The van der Waals surface area contributed by atoms with Gasteiger partial charge in [-0.2, -0.15) is 0 Å². The summed E-state index contributed by atoms with van der Waals surface area (Å²) in [6.45, 7) is 9.06. The van der Waals surface area contributed by atoms with Crippen molar-refractivity contribution in [3.05, 3.63) is 0 Å². The summed E-state index contributed by atoms with van der Waals surface area (Å²) in [5, 5.41) is 0. The van der Waals surface area contributed by atoms with Gasteiger partial charge in [-0.3, -0.25) is 14.4 Å². The van der Waals surface area contributed by atoms with Gasteiger partial charge in [-0.25, -0.2) is 0 Å². The molecule has 0 aliphatic rings. The van der Waals surface area contributed by atoms with Crippen molar-refractivity contribution < 1.29 is 28.6 Å². The number of ether oxygens (including phenoxy) is 3. The molecule has 0 aromatic rings. The van der Waals surface area contributed by atoms with E-state index in [1.165, 1.54) is 225 Å². The largest absolute Gasteiger partial charge is 0.462 e. The number of unbranched alkanes of at least 4 members (excludes halogenated alkanes) is 40. The Hall–Kier alpha value is -1.59. The second-order valence-corrected chi connectivity index (χ2v) is 20.4. The lowest BCUT2D eigenvalue weighted by atomic mass is 10.0. The summed E-state index contributed by atoms with van der Waals surface area (Å²) in [6, 6.07) is 0. The molecule has 0 amide bonds. The van der Waals surface area contributed by atoms with Gasteiger partial charge in [0.15, 0.2) is 6.10 Å². The van der Waals surface area contributed by atoms with Crippen LogP contribution in [0.1, 0.15) is 329 Å². The molecule has 0 saturated heterocycles. The first-order valence-electron chi connectivity index (χ1n) is 28.9. The Morgan fingerprint density at radius 3 is 0.766 bits per heavy atom. The van der Waals surface area contributed by atoms with Crippen LogP contribution >= 0.6 is 0 Å². The van der Waals surface area contributed by atoms with E-state index in [1.54, 1.807) is 0 Å². The van der Waals surface area contributed by atoms with Crippen molar-refractivity contribution in [3.63, 3.8) is 0 Å². The molecule has 0 unspecified atom stereocenters. The summed E-state index contributed by atoms with van der Waals surface area (Å²) in [6.07, 6.45) is 56.6. The van der Waals surface area contributed by atoms with Crippen LogP contribution < -0.4 is 0 Å². The maximum absolute atomic E-state index is 12.8. The molecular formula is C58H112O6. The lowest BCUT2D eigenvalue weighted by molar-refractivity contribution is -0.167. The fourth-order valence-corrected chi connectivity index (χ4v) is 8.92. The highest BCUT2D eigenvalue weighted by atomic mass is 16.6. The average Bonchev–Trinajstić information content (AvgIpc) is 3.28. The third-order valence-electron chi connectivity index (χ3n) is 13.3. The molecule has 0 fully saturated rings. The predicted molar refractivity (Wildman–Crippen MR) is 275 cm³/mol. The molecule has 64 heavy (non-hydrogen) atoms. The average molecular weight is 906 g/mol. The molecule has 0 bridgehead atoms. The molecule has 0 aromatic heterocycles.